The van der Waals surface area contributed by atoms with Crippen molar-refractivity contribution in [1.82, 2.24) is 15.3 Å². The predicted octanol–water partition coefficient (Wildman–Crippen LogP) is 5.10. The number of hydrogen-bond acceptors (Lipinski definition) is 6. The van der Waals surface area contributed by atoms with Crippen LogP contribution in [0, 0.1) is 18.6 Å². The molecule has 3 aromatic rings. The van der Waals surface area contributed by atoms with Crippen LogP contribution in [0.1, 0.15) is 47.1 Å². The predicted molar refractivity (Wildman–Crippen MR) is 145 cm³/mol. The summed E-state index contributed by atoms with van der Waals surface area (Å²) in [6, 6.07) is 5.62. The molecule has 0 aliphatic carbocycles. The number of allylic oxidation sites excluding steroid dienone is 1. The van der Waals surface area contributed by atoms with Gasteiger partial charge in [-0.1, -0.05) is 23.8 Å². The molecule has 1 aliphatic heterocycles. The molecule has 214 valence electrons. The Balaban J connectivity index is 1.68. The van der Waals surface area contributed by atoms with Crippen molar-refractivity contribution in [3.63, 3.8) is 0 Å². The quantitative estimate of drug-likeness (QED) is 0.259. The van der Waals surface area contributed by atoms with E-state index in [0.717, 1.165) is 12.1 Å². The molecule has 1 aliphatic rings. The lowest BCUT2D eigenvalue weighted by Crippen LogP contribution is -2.30. The minimum atomic E-state index is -1.33. The molecule has 5 N–H and O–H groups in total. The van der Waals surface area contributed by atoms with Crippen molar-refractivity contribution >= 4 is 46.9 Å². The Kier molecular flexibility index (Phi) is 8.97. The van der Waals surface area contributed by atoms with E-state index in [9.17, 15) is 28.0 Å². The topological polar surface area (TPSA) is 163 Å². The lowest BCUT2D eigenvalue weighted by Gasteiger charge is -2.16. The number of amides is 3. The number of halogens is 3. The van der Waals surface area contributed by atoms with Gasteiger partial charge >= 0.3 is 12.1 Å². The van der Waals surface area contributed by atoms with Crippen LogP contribution < -0.4 is 16.0 Å². The number of nitrogens with zero attached hydrogens (tertiary/aromatic N) is 1. The third-order valence-corrected chi connectivity index (χ3v) is 6.20. The van der Waals surface area contributed by atoms with Gasteiger partial charge in [0.2, 0.25) is 5.91 Å². The lowest BCUT2D eigenvalue weighted by atomic mass is 10.1. The number of hydrogen-bond donors (Lipinski definition) is 5. The van der Waals surface area contributed by atoms with Crippen molar-refractivity contribution in [2.24, 2.45) is 0 Å². The van der Waals surface area contributed by atoms with E-state index >= 15 is 0 Å². The Morgan fingerprint density at radius 2 is 1.90 bits per heavy atom. The zero-order valence-corrected chi connectivity index (χ0v) is 22.3. The van der Waals surface area contributed by atoms with Crippen LogP contribution in [0.2, 0.25) is 5.15 Å². The molecule has 14 heteroatoms. The zero-order valence-electron chi connectivity index (χ0n) is 21.5. The van der Waals surface area contributed by atoms with E-state index in [-0.39, 0.29) is 46.8 Å². The molecule has 2 bridgehead atoms. The number of carbonyl (C=O) groups excluding carboxylic acids is 3. The molecule has 1 aromatic heterocycles. The van der Waals surface area contributed by atoms with Crippen LogP contribution in [0.3, 0.4) is 0 Å². The van der Waals surface area contributed by atoms with Crippen molar-refractivity contribution < 1.29 is 37.8 Å². The molecule has 1 unspecified atom stereocenters. The minimum absolute atomic E-state index is 0.0464. The van der Waals surface area contributed by atoms with Crippen LogP contribution in [-0.2, 0) is 14.3 Å². The Labute approximate surface area is 236 Å². The number of aliphatic carboxylic acids is 1. The number of rotatable bonds is 5. The Morgan fingerprint density at radius 3 is 2.61 bits per heavy atom. The van der Waals surface area contributed by atoms with Gasteiger partial charge in [0.05, 0.1) is 11.7 Å². The standard InChI is InChI=1S/C27H24ClF2N5O6/c1-13-9-16(29)22(17(30)10-13)26(39)33-18-5-3-2-4-6-20(36)32-19-11-14(31-27(40)41-12-21(37)38)7-8-15(19)23-24(28)35-25(18)34-23/h2-3,7-11,18H,4-6,12H2,1H3,(H,31,40)(H,32,36)(H,33,39)(H,34,35)(H,37,38)/b3-2+. The molecule has 0 spiro atoms. The molecule has 2 heterocycles. The first-order chi connectivity index (χ1) is 19.5. The van der Waals surface area contributed by atoms with Gasteiger partial charge in [-0.05, 0) is 55.7 Å². The summed E-state index contributed by atoms with van der Waals surface area (Å²) in [4.78, 5) is 55.5. The summed E-state index contributed by atoms with van der Waals surface area (Å²) < 4.78 is 33.5. The number of carboxylic acids is 1. The smallest absolute Gasteiger partial charge is 0.412 e. The molecule has 0 radical (unpaired) electrons. The molecule has 0 saturated heterocycles. The maximum Gasteiger partial charge on any atom is 0.412 e. The van der Waals surface area contributed by atoms with Gasteiger partial charge in [0.25, 0.3) is 5.91 Å². The van der Waals surface area contributed by atoms with Gasteiger partial charge in [-0.2, -0.15) is 0 Å². The van der Waals surface area contributed by atoms with Gasteiger partial charge in [-0.3, -0.25) is 14.9 Å². The fraction of sp³-hybridized carbons (Fsp3) is 0.222. The summed E-state index contributed by atoms with van der Waals surface area (Å²) in [5.41, 5.74) is 0.528. The average Bonchev–Trinajstić information content (AvgIpc) is 3.27. The second kappa shape index (κ2) is 12.6. The van der Waals surface area contributed by atoms with Gasteiger partial charge in [0.15, 0.2) is 6.61 Å². The van der Waals surface area contributed by atoms with E-state index in [0.29, 0.717) is 17.5 Å². The Bertz CT molecular complexity index is 1530. The number of carboxylic acid groups (broad SMARTS) is 1. The maximum absolute atomic E-state index is 14.5. The number of aryl methyl sites for hydroxylation is 1. The first kappa shape index (κ1) is 29.2. The summed E-state index contributed by atoms with van der Waals surface area (Å²) in [6.07, 6.45) is 2.99. The number of aromatic amines is 1. The summed E-state index contributed by atoms with van der Waals surface area (Å²) in [6.45, 7) is 0.662. The molecule has 4 rings (SSSR count). The largest absolute Gasteiger partial charge is 0.479 e. The number of anilines is 2. The molecular weight excluding hydrogens is 564 g/mol. The Hall–Kier alpha value is -4.78. The number of nitrogens with one attached hydrogen (secondary N) is 4. The van der Waals surface area contributed by atoms with Gasteiger partial charge in [0.1, 0.15) is 33.9 Å². The first-order valence-electron chi connectivity index (χ1n) is 12.3. The molecule has 2 aromatic carbocycles. The van der Waals surface area contributed by atoms with E-state index in [2.05, 4.69) is 30.7 Å². The number of imidazole rings is 1. The van der Waals surface area contributed by atoms with Crippen molar-refractivity contribution in [2.45, 2.75) is 32.2 Å². The number of H-pyrrole nitrogens is 1. The van der Waals surface area contributed by atoms with Gasteiger partial charge in [-0.15, -0.1) is 0 Å². The van der Waals surface area contributed by atoms with Gasteiger partial charge in [0, 0.05) is 17.7 Å². The van der Waals surface area contributed by atoms with Gasteiger partial charge < -0.3 is 25.5 Å². The number of ether oxygens (including phenoxy) is 1. The second-order valence-corrected chi connectivity index (χ2v) is 9.44. The van der Waals surface area contributed by atoms with Crippen molar-refractivity contribution in [3.05, 3.63) is 76.2 Å². The monoisotopic (exact) mass is 587 g/mol. The number of aromatic nitrogens is 2. The fourth-order valence-electron chi connectivity index (χ4n) is 4.09. The number of benzene rings is 2. The molecule has 41 heavy (non-hydrogen) atoms. The lowest BCUT2D eigenvalue weighted by molar-refractivity contribution is -0.140. The zero-order chi connectivity index (χ0) is 29.7. The average molecular weight is 588 g/mol. The summed E-state index contributed by atoms with van der Waals surface area (Å²) in [5, 5.41) is 16.4. The molecule has 3 amide bonds. The highest BCUT2D eigenvalue weighted by Crippen LogP contribution is 2.35. The van der Waals surface area contributed by atoms with Crippen molar-refractivity contribution in [3.8, 4) is 11.3 Å². The highest BCUT2D eigenvalue weighted by molar-refractivity contribution is 6.32. The maximum atomic E-state index is 14.5. The fourth-order valence-corrected chi connectivity index (χ4v) is 4.33. The third-order valence-electron chi connectivity index (χ3n) is 5.93. The van der Waals surface area contributed by atoms with Gasteiger partial charge in [-0.25, -0.2) is 23.4 Å². The van der Waals surface area contributed by atoms with Crippen LogP contribution in [0.5, 0.6) is 0 Å². The molecule has 1 atom stereocenters. The normalized spacial score (nSPS) is 15.7. The summed E-state index contributed by atoms with van der Waals surface area (Å²) >= 11 is 6.47. The minimum Gasteiger partial charge on any atom is -0.479 e. The van der Waals surface area contributed by atoms with E-state index in [1.807, 2.05) is 0 Å². The van der Waals surface area contributed by atoms with Crippen LogP contribution >= 0.6 is 11.6 Å². The highest BCUT2D eigenvalue weighted by atomic mass is 35.5. The molecule has 0 fully saturated rings. The van der Waals surface area contributed by atoms with E-state index in [4.69, 9.17) is 16.7 Å². The van der Waals surface area contributed by atoms with Crippen LogP contribution in [-0.4, -0.2) is 45.6 Å². The van der Waals surface area contributed by atoms with Crippen LogP contribution in [0.25, 0.3) is 11.3 Å². The molecule has 0 saturated carbocycles. The van der Waals surface area contributed by atoms with Crippen LogP contribution in [0.4, 0.5) is 25.0 Å². The first-order valence-corrected chi connectivity index (χ1v) is 12.7. The van der Waals surface area contributed by atoms with Crippen molar-refractivity contribution in [2.75, 3.05) is 17.2 Å². The van der Waals surface area contributed by atoms with E-state index in [1.165, 1.54) is 25.1 Å². The third kappa shape index (κ3) is 7.25. The number of carbonyl (C=O) groups is 4. The summed E-state index contributed by atoms with van der Waals surface area (Å²) in [7, 11) is 0. The van der Waals surface area contributed by atoms with Crippen LogP contribution in [0.15, 0.2) is 42.5 Å². The second-order valence-electron chi connectivity index (χ2n) is 9.06. The highest BCUT2D eigenvalue weighted by Gasteiger charge is 2.26. The summed E-state index contributed by atoms with van der Waals surface area (Å²) in [5.74, 6) is -4.50. The molecular formula is C27H24ClF2N5O6. The SMILES string of the molecule is Cc1cc(F)c(C(=O)NC2C/C=C/CCC(=O)Nc3cc(NC(=O)OCC(=O)O)ccc3-c3nc2[nH]c3Cl)c(F)c1. The van der Waals surface area contributed by atoms with E-state index in [1.54, 1.807) is 12.2 Å². The van der Waals surface area contributed by atoms with E-state index < -0.39 is 47.8 Å². The van der Waals surface area contributed by atoms with Crippen molar-refractivity contribution in [1.29, 1.82) is 0 Å². The number of fused-ring (bicyclic) bond motifs is 4. The Morgan fingerprint density at radius 1 is 1.17 bits per heavy atom. The molecule has 11 nitrogen and oxygen atoms in total.